The fourth-order valence-electron chi connectivity index (χ4n) is 8.51. The summed E-state index contributed by atoms with van der Waals surface area (Å²) >= 11 is 4.30. The number of likely N-dealkylation sites (N-methyl/N-ethyl adjacent to an activating group) is 2. The molecule has 5 rings (SSSR count). The van der Waals surface area contributed by atoms with Gasteiger partial charge in [0.05, 0.1) is 41.6 Å². The van der Waals surface area contributed by atoms with Crippen molar-refractivity contribution in [3.05, 3.63) is 108 Å². The Morgan fingerprint density at radius 2 is 1.09 bits per heavy atom. The average molecular weight is 1390 g/mol. The van der Waals surface area contributed by atoms with Crippen LogP contribution >= 0.6 is 45.2 Å². The Hall–Kier alpha value is -3.99. The SMILES string of the molecule is CC(C)I.CC(C)OC(=O)CCC/C=C\C[C@@H]1[C@@H](/C=C/[C@@H](O)COc2cccc(C(F)(F)F)c2)[C@H](O)C[C@@H]1O.CN1CCN(C)C1=O.O=C(O)CCC/C=C\C[C@@H]1[C@@H](/C=C/[C@@H](O)COc2cccc(C(F)(F)F)c2)[C@H](O)C[C@@H]1O.[2H]CI. The molecule has 0 spiro atoms. The highest BCUT2D eigenvalue weighted by atomic mass is 127. The van der Waals surface area contributed by atoms with Crippen molar-refractivity contribution in [2.45, 2.75) is 151 Å². The average Bonchev–Trinajstić information content (AvgIpc) is 3.98. The Kier molecular flexibility index (Phi) is 35.7. The molecule has 0 unspecified atom stereocenters. The molecule has 2 aliphatic carbocycles. The van der Waals surface area contributed by atoms with Crippen molar-refractivity contribution in [2.24, 2.45) is 23.7 Å². The van der Waals surface area contributed by atoms with Crippen LogP contribution in [0.15, 0.2) is 97.1 Å². The van der Waals surface area contributed by atoms with E-state index in [1.54, 1.807) is 35.8 Å². The van der Waals surface area contributed by atoms with Crippen LogP contribution in [0.5, 0.6) is 11.5 Å². The van der Waals surface area contributed by atoms with Crippen molar-refractivity contribution in [3.8, 4) is 11.5 Å². The minimum atomic E-state index is -4.49. The zero-order chi connectivity index (χ0) is 62.2. The molecule has 23 heteroatoms. The molecule has 2 saturated carbocycles. The van der Waals surface area contributed by atoms with E-state index in [-0.39, 0.29) is 79.8 Å². The maximum Gasteiger partial charge on any atom is 0.416 e. The van der Waals surface area contributed by atoms with Crippen molar-refractivity contribution in [3.63, 3.8) is 0 Å². The first-order valence-corrected chi connectivity index (χ1v) is 29.4. The normalized spacial score (nSPS) is 22.9. The molecule has 3 aliphatic rings. The maximum absolute atomic E-state index is 12.8. The number of aliphatic hydroxyl groups is 6. The number of aliphatic hydroxyl groups excluding tert-OH is 6. The third-order valence-corrected chi connectivity index (χ3v) is 12.6. The van der Waals surface area contributed by atoms with Crippen LogP contribution in [0.25, 0.3) is 0 Å². The van der Waals surface area contributed by atoms with Gasteiger partial charge < -0.3 is 59.8 Å². The Morgan fingerprint density at radius 1 is 0.704 bits per heavy atom. The molecule has 2 aromatic carbocycles. The van der Waals surface area contributed by atoms with Crippen LogP contribution in [0.4, 0.5) is 31.1 Å². The molecule has 3 fully saturated rings. The lowest BCUT2D eigenvalue weighted by Crippen LogP contribution is -2.25. The second-order valence-electron chi connectivity index (χ2n) is 20.1. The van der Waals surface area contributed by atoms with Crippen molar-refractivity contribution < 1.29 is 92.1 Å². The number of hydrogen-bond donors (Lipinski definition) is 7. The Morgan fingerprint density at radius 3 is 1.42 bits per heavy atom. The largest absolute Gasteiger partial charge is 0.491 e. The number of halogens is 8. The first-order valence-electron chi connectivity index (χ1n) is 27.3. The molecule has 10 atom stereocenters. The Bertz CT molecular complexity index is 2250. The number of amides is 2. The highest BCUT2D eigenvalue weighted by Crippen LogP contribution is 2.38. The van der Waals surface area contributed by atoms with Crippen LogP contribution < -0.4 is 9.47 Å². The predicted octanol–water partition coefficient (Wildman–Crippen LogP) is 10.9. The number of unbranched alkanes of at least 4 members (excludes halogenated alkanes) is 2. The lowest BCUT2D eigenvalue weighted by atomic mass is 9.89. The van der Waals surface area contributed by atoms with Gasteiger partial charge in [0.25, 0.3) is 0 Å². The van der Waals surface area contributed by atoms with E-state index < -0.39 is 72.0 Å². The zero-order valence-electron chi connectivity index (χ0n) is 47.8. The third-order valence-electron chi connectivity index (χ3n) is 12.6. The minimum absolute atomic E-state index is 0.0101. The molecule has 81 heavy (non-hydrogen) atoms. The molecule has 1 heterocycles. The fourth-order valence-corrected chi connectivity index (χ4v) is 8.51. The van der Waals surface area contributed by atoms with E-state index in [1.165, 1.54) is 36.4 Å². The van der Waals surface area contributed by atoms with Crippen LogP contribution in [0.2, 0.25) is 0 Å². The van der Waals surface area contributed by atoms with Gasteiger partial charge in [-0.15, -0.1) is 0 Å². The van der Waals surface area contributed by atoms with E-state index in [4.69, 9.17) is 20.7 Å². The molecule has 1 aliphatic heterocycles. The molecule has 0 radical (unpaired) electrons. The molecule has 1 saturated heterocycles. The monoisotopic (exact) mass is 1390 g/mol. The van der Waals surface area contributed by atoms with Gasteiger partial charge in [-0.2, -0.15) is 26.3 Å². The van der Waals surface area contributed by atoms with E-state index in [2.05, 4.69) is 36.4 Å². The number of nitrogens with zero attached hydrogens (tertiary/aromatic N) is 2. The van der Waals surface area contributed by atoms with Gasteiger partial charge in [-0.05, 0) is 106 Å². The summed E-state index contributed by atoms with van der Waals surface area (Å²) in [6.07, 6.45) is 3.57. The first-order chi connectivity index (χ1) is 38.4. The number of allylic oxidation sites excluding steroid dienone is 4. The molecule has 15 nitrogen and oxygen atoms in total. The smallest absolute Gasteiger partial charge is 0.416 e. The van der Waals surface area contributed by atoms with Crippen LogP contribution in [0.3, 0.4) is 0 Å². The predicted molar refractivity (Wildman–Crippen MR) is 315 cm³/mol. The summed E-state index contributed by atoms with van der Waals surface area (Å²) in [7, 11) is 3.62. The van der Waals surface area contributed by atoms with E-state index in [0.717, 1.165) is 41.3 Å². The quantitative estimate of drug-likeness (QED) is 0.0137. The first kappa shape index (κ1) is 73.1. The minimum Gasteiger partial charge on any atom is -0.491 e. The summed E-state index contributed by atoms with van der Waals surface area (Å²) in [5.41, 5.74) is -1.68. The Balaban J connectivity index is 0.000000655. The number of carbonyl (C=O) groups is 3. The van der Waals surface area contributed by atoms with Gasteiger partial charge >= 0.3 is 30.3 Å². The molecule has 460 valence electrons. The maximum atomic E-state index is 12.8. The summed E-state index contributed by atoms with van der Waals surface area (Å²) in [6, 6.07) is 8.89. The fraction of sp³-hybridized carbons (Fsp3) is 0.603. The second-order valence-corrected chi connectivity index (χ2v) is 22.6. The van der Waals surface area contributed by atoms with Gasteiger partial charge in [0.15, 0.2) is 0 Å². The van der Waals surface area contributed by atoms with E-state index in [0.29, 0.717) is 49.9 Å². The molecule has 2 amide bonds. The van der Waals surface area contributed by atoms with Crippen molar-refractivity contribution in [1.82, 2.24) is 9.80 Å². The summed E-state index contributed by atoms with van der Waals surface area (Å²) < 4.78 is 99.3. The molecule has 7 N–H and O–H groups in total. The van der Waals surface area contributed by atoms with Crippen molar-refractivity contribution >= 4 is 63.2 Å². The molecular formula is C58H84F6I2N2O13. The number of esters is 1. The van der Waals surface area contributed by atoms with Crippen molar-refractivity contribution in [2.75, 3.05) is 45.3 Å². The molecule has 0 aromatic heterocycles. The van der Waals surface area contributed by atoms with E-state index >= 15 is 0 Å². The van der Waals surface area contributed by atoms with Gasteiger partial charge in [0.1, 0.15) is 36.9 Å². The van der Waals surface area contributed by atoms with Gasteiger partial charge in [0.2, 0.25) is 0 Å². The topological polar surface area (TPSA) is 227 Å². The molecular weight excluding hydrogens is 1300 g/mol. The highest BCUT2D eigenvalue weighted by molar-refractivity contribution is 14.1. The highest BCUT2D eigenvalue weighted by Gasteiger charge is 2.41. The van der Waals surface area contributed by atoms with Crippen LogP contribution in [-0.4, -0.2) is 155 Å². The van der Waals surface area contributed by atoms with E-state index in [9.17, 15) is 71.4 Å². The van der Waals surface area contributed by atoms with Gasteiger partial charge in [-0.25, -0.2) is 4.79 Å². The number of carboxylic acids is 1. The standard InChI is InChI=1S/C26H35F3O6.C23H29F3O6.C5H10N2O.C3H7I.CH3I/c1-17(2)35-25(33)11-6-4-3-5-10-21-22(24(32)15-23(21)31)13-12-19(30)16-34-20-9-7-8-18(14-20)26(27,28)29;24-23(25,26)15-6-5-7-17(12-15)32-14-16(27)10-11-19-18(20(28)13-21(19)29)8-3-1-2-4-9-22(30)31;1-6-3-4-7(2)5(6)8;1-3(2)4;1-2/h3,5,7-9,12-14,17,19,21-24,30-32H,4,6,10-11,15-16H2,1-2H3;1,3,5-7,10-12,16,18-21,27-29H,2,4,8-9,13-14H2,(H,30,31);3-4H2,1-2H3;3H,1-2H3;1H3/b5-3-,13-12+;3-1-,11-10+;;;/t19-,21-,22-,23+,24-;16-,18-,19-,20+,21-;;;/m11.../s1/i;;;;1D. The van der Waals surface area contributed by atoms with Crippen LogP contribution in [0.1, 0.15) is 104 Å². The molecule has 2 aromatic rings. The Labute approximate surface area is 501 Å². The third kappa shape index (κ3) is 31.5. The number of hydrogen-bond acceptors (Lipinski definition) is 12. The lowest BCUT2D eigenvalue weighted by Gasteiger charge is -2.19. The number of rotatable bonds is 23. The number of urea groups is 1. The number of benzene rings is 2. The number of aliphatic carboxylic acids is 1. The van der Waals surface area contributed by atoms with Gasteiger partial charge in [0, 0.05) is 70.0 Å². The summed E-state index contributed by atoms with van der Waals surface area (Å²) in [5.74, 6) is -2.43. The summed E-state index contributed by atoms with van der Waals surface area (Å²) in [5, 5.41) is 70.0. The summed E-state index contributed by atoms with van der Waals surface area (Å²) in [4.78, 5) is 36.7. The summed E-state index contributed by atoms with van der Waals surface area (Å²) in [6.45, 7) is 9.12. The van der Waals surface area contributed by atoms with Crippen molar-refractivity contribution in [1.29, 1.82) is 0 Å². The lowest BCUT2D eigenvalue weighted by molar-refractivity contribution is -0.147. The number of carbonyl (C=O) groups excluding carboxylic acids is 2. The second kappa shape index (κ2) is 39.5. The van der Waals surface area contributed by atoms with Crippen LogP contribution in [0, 0.1) is 23.7 Å². The van der Waals surface area contributed by atoms with E-state index in [1.807, 2.05) is 61.0 Å². The van der Waals surface area contributed by atoms with Gasteiger partial charge in [-0.1, -0.05) is 120 Å². The number of ether oxygens (including phenoxy) is 3. The molecule has 0 bridgehead atoms. The number of alkyl halides is 8. The van der Waals surface area contributed by atoms with Gasteiger partial charge in [-0.3, -0.25) is 9.59 Å². The van der Waals surface area contributed by atoms with Crippen LogP contribution in [-0.2, 0) is 26.7 Å². The zero-order valence-corrected chi connectivity index (χ0v) is 51.1. The number of carboxylic acid groups (broad SMARTS) is 1.